The van der Waals surface area contributed by atoms with Crippen LogP contribution in [0.5, 0.6) is 0 Å². The number of nitrogens with zero attached hydrogens (tertiary/aromatic N) is 1. The number of ether oxygens (including phenoxy) is 1. The first-order valence-corrected chi connectivity index (χ1v) is 7.63. The Morgan fingerprint density at radius 2 is 2.13 bits per heavy atom. The van der Waals surface area contributed by atoms with E-state index in [-0.39, 0.29) is 12.5 Å². The molecule has 2 atom stereocenters. The van der Waals surface area contributed by atoms with E-state index < -0.39 is 23.2 Å². The Balaban J connectivity index is 1.95. The molecule has 1 N–H and O–H groups in total. The van der Waals surface area contributed by atoms with Crippen molar-refractivity contribution < 1.29 is 14.3 Å². The number of hydrogen-bond donors (Lipinski definition) is 1. The number of rotatable bonds is 0. The third-order valence-corrected chi connectivity index (χ3v) is 4.30. The number of terminal acetylenes is 1. The van der Waals surface area contributed by atoms with Crippen molar-refractivity contribution in [3.05, 3.63) is 29.8 Å². The van der Waals surface area contributed by atoms with Crippen LogP contribution in [0.25, 0.3) is 0 Å². The number of carbonyl (C=O) groups is 2. The van der Waals surface area contributed by atoms with Gasteiger partial charge in [0.25, 0.3) is 0 Å². The predicted octanol–water partition coefficient (Wildman–Crippen LogP) is 2.52. The van der Waals surface area contributed by atoms with Gasteiger partial charge in [0.05, 0.1) is 11.5 Å². The molecule has 2 heterocycles. The van der Waals surface area contributed by atoms with Gasteiger partial charge in [-0.05, 0) is 38.8 Å². The van der Waals surface area contributed by atoms with Gasteiger partial charge in [-0.15, -0.1) is 6.42 Å². The zero-order chi connectivity index (χ0) is 16.8. The van der Waals surface area contributed by atoms with Crippen molar-refractivity contribution in [2.75, 3.05) is 11.9 Å². The van der Waals surface area contributed by atoms with E-state index in [0.717, 1.165) is 11.3 Å². The molecule has 23 heavy (non-hydrogen) atoms. The monoisotopic (exact) mass is 312 g/mol. The Morgan fingerprint density at radius 1 is 1.43 bits per heavy atom. The highest BCUT2D eigenvalue weighted by Gasteiger charge is 2.56. The van der Waals surface area contributed by atoms with Gasteiger partial charge in [-0.2, -0.15) is 0 Å². The van der Waals surface area contributed by atoms with Crippen molar-refractivity contribution in [1.29, 1.82) is 0 Å². The summed E-state index contributed by atoms with van der Waals surface area (Å²) < 4.78 is 5.44. The van der Waals surface area contributed by atoms with Crippen LogP contribution in [0.1, 0.15) is 32.8 Å². The molecule has 1 saturated heterocycles. The Bertz CT molecular complexity index is 714. The summed E-state index contributed by atoms with van der Waals surface area (Å²) in [7, 11) is 0. The van der Waals surface area contributed by atoms with E-state index in [2.05, 4.69) is 11.2 Å². The quantitative estimate of drug-likeness (QED) is 0.749. The lowest BCUT2D eigenvalue weighted by Crippen LogP contribution is -2.42. The van der Waals surface area contributed by atoms with Crippen LogP contribution in [0, 0.1) is 12.3 Å². The van der Waals surface area contributed by atoms with Crippen molar-refractivity contribution in [2.24, 2.45) is 0 Å². The molecule has 0 aromatic heterocycles. The number of fused-ring (bicyclic) bond motifs is 2. The van der Waals surface area contributed by atoms with Crippen molar-refractivity contribution in [1.82, 2.24) is 4.90 Å². The lowest BCUT2D eigenvalue weighted by atomic mass is 9.80. The van der Waals surface area contributed by atoms with Crippen molar-refractivity contribution in [3.63, 3.8) is 0 Å². The van der Waals surface area contributed by atoms with E-state index >= 15 is 0 Å². The number of hydrogen-bond acceptors (Lipinski definition) is 3. The number of carbonyl (C=O) groups excluding carboxylic acids is 2. The van der Waals surface area contributed by atoms with Gasteiger partial charge in [0.15, 0.2) is 0 Å². The largest absolute Gasteiger partial charge is 0.444 e. The van der Waals surface area contributed by atoms with Gasteiger partial charge < -0.3 is 10.1 Å². The van der Waals surface area contributed by atoms with Crippen LogP contribution in [0.3, 0.4) is 0 Å². The summed E-state index contributed by atoms with van der Waals surface area (Å²) in [5.41, 5.74) is 0.294. The maximum Gasteiger partial charge on any atom is 0.411 e. The molecule has 120 valence electrons. The number of anilines is 1. The molecule has 0 radical (unpaired) electrons. The van der Waals surface area contributed by atoms with E-state index in [1.54, 1.807) is 20.8 Å². The first kappa shape index (κ1) is 15.4. The zero-order valence-electron chi connectivity index (χ0n) is 13.6. The van der Waals surface area contributed by atoms with Crippen molar-refractivity contribution >= 4 is 17.7 Å². The van der Waals surface area contributed by atoms with Crippen molar-refractivity contribution in [2.45, 2.75) is 44.2 Å². The average molecular weight is 312 g/mol. The molecule has 1 fully saturated rings. The molecule has 0 unspecified atom stereocenters. The molecule has 1 spiro atoms. The molecular formula is C18H20N2O3. The fourth-order valence-corrected chi connectivity index (χ4v) is 3.30. The molecule has 0 aliphatic carbocycles. The standard InChI is InChI=1S/C18H20N2O3/c1-5-12-10-18(11-20(12)16(22)23-17(2,3)4)13-8-6-7-9-14(13)19-15(18)21/h1,6-9,12H,10-11H2,2-4H3,(H,19,21)/t12-,18-/m0/s1. The molecule has 2 amide bonds. The lowest BCUT2D eigenvalue weighted by molar-refractivity contribution is -0.120. The minimum absolute atomic E-state index is 0.106. The van der Waals surface area contributed by atoms with Crippen molar-refractivity contribution in [3.8, 4) is 12.3 Å². The first-order valence-electron chi connectivity index (χ1n) is 7.63. The van der Waals surface area contributed by atoms with Crippen LogP contribution >= 0.6 is 0 Å². The lowest BCUT2D eigenvalue weighted by Gasteiger charge is -2.27. The Morgan fingerprint density at radius 3 is 2.78 bits per heavy atom. The summed E-state index contributed by atoms with van der Waals surface area (Å²) in [5, 5.41) is 2.90. The highest BCUT2D eigenvalue weighted by molar-refractivity contribution is 6.07. The second kappa shape index (κ2) is 5.02. The van der Waals surface area contributed by atoms with Gasteiger partial charge in [-0.3, -0.25) is 9.69 Å². The number of para-hydroxylation sites is 1. The van der Waals surface area contributed by atoms with Crippen LogP contribution in [-0.4, -0.2) is 35.1 Å². The van der Waals surface area contributed by atoms with Gasteiger partial charge in [-0.1, -0.05) is 24.1 Å². The maximum absolute atomic E-state index is 12.6. The molecule has 0 saturated carbocycles. The minimum Gasteiger partial charge on any atom is -0.444 e. The topological polar surface area (TPSA) is 58.6 Å². The number of likely N-dealkylation sites (tertiary alicyclic amines) is 1. The molecular weight excluding hydrogens is 292 g/mol. The second-order valence-electron chi connectivity index (χ2n) is 7.08. The molecule has 1 aromatic rings. The van der Waals surface area contributed by atoms with Gasteiger partial charge in [0.2, 0.25) is 5.91 Å². The number of nitrogens with one attached hydrogen (secondary N) is 1. The molecule has 0 bridgehead atoms. The Labute approximate surface area is 136 Å². The molecule has 5 heteroatoms. The summed E-state index contributed by atoms with van der Waals surface area (Å²) >= 11 is 0. The summed E-state index contributed by atoms with van der Waals surface area (Å²) in [6, 6.07) is 7.09. The summed E-state index contributed by atoms with van der Waals surface area (Å²) in [6.07, 6.45) is 5.54. The maximum atomic E-state index is 12.6. The number of amides is 2. The van der Waals surface area contributed by atoms with E-state index in [1.807, 2.05) is 24.3 Å². The van der Waals surface area contributed by atoms with Gasteiger partial charge in [-0.25, -0.2) is 4.79 Å². The highest BCUT2D eigenvalue weighted by atomic mass is 16.6. The number of benzene rings is 1. The third-order valence-electron chi connectivity index (χ3n) is 4.30. The fourth-order valence-electron chi connectivity index (χ4n) is 3.30. The molecule has 1 aromatic carbocycles. The predicted molar refractivity (Wildman–Crippen MR) is 86.9 cm³/mol. The molecule has 2 aliphatic heterocycles. The Kier molecular flexibility index (Phi) is 3.36. The van der Waals surface area contributed by atoms with E-state index in [9.17, 15) is 9.59 Å². The second-order valence-corrected chi connectivity index (χ2v) is 7.08. The van der Waals surface area contributed by atoms with Crippen LogP contribution in [0.15, 0.2) is 24.3 Å². The van der Waals surface area contributed by atoms with Gasteiger partial charge >= 0.3 is 6.09 Å². The van der Waals surface area contributed by atoms with E-state index in [1.165, 1.54) is 4.90 Å². The molecule has 2 aliphatic rings. The molecule has 3 rings (SSSR count). The SMILES string of the molecule is C#C[C@H]1C[C@@]2(CN1C(=O)OC(C)(C)C)C(=O)Nc1ccccc12. The van der Waals surface area contributed by atoms with Crippen LogP contribution in [0.2, 0.25) is 0 Å². The Hall–Kier alpha value is -2.48. The fraction of sp³-hybridized carbons (Fsp3) is 0.444. The van der Waals surface area contributed by atoms with E-state index in [4.69, 9.17) is 11.2 Å². The molecule has 5 nitrogen and oxygen atoms in total. The van der Waals surface area contributed by atoms with Gasteiger partial charge in [0.1, 0.15) is 5.60 Å². The smallest absolute Gasteiger partial charge is 0.411 e. The third kappa shape index (κ3) is 2.44. The highest BCUT2D eigenvalue weighted by Crippen LogP contribution is 2.46. The van der Waals surface area contributed by atoms with Crippen LogP contribution in [0.4, 0.5) is 10.5 Å². The van der Waals surface area contributed by atoms with E-state index in [0.29, 0.717) is 6.42 Å². The minimum atomic E-state index is -0.787. The van der Waals surface area contributed by atoms with Gasteiger partial charge in [0, 0.05) is 12.2 Å². The first-order chi connectivity index (χ1) is 10.8. The summed E-state index contributed by atoms with van der Waals surface area (Å²) in [6.45, 7) is 5.65. The van der Waals surface area contributed by atoms with Crippen LogP contribution < -0.4 is 5.32 Å². The summed E-state index contributed by atoms with van der Waals surface area (Å²) in [5.74, 6) is 2.52. The normalized spacial score (nSPS) is 25.9. The van der Waals surface area contributed by atoms with Crippen LogP contribution in [-0.2, 0) is 14.9 Å². The summed E-state index contributed by atoms with van der Waals surface area (Å²) in [4.78, 5) is 26.6. The zero-order valence-corrected chi connectivity index (χ0v) is 13.6. The average Bonchev–Trinajstić information content (AvgIpc) is 2.98.